The van der Waals surface area contributed by atoms with Gasteiger partial charge in [0.15, 0.2) is 16.3 Å². The molecule has 4 aromatic carbocycles. The number of hydrogen-bond acceptors (Lipinski definition) is 7. The SMILES string of the molecule is CCOc1cc(C=c2sc3n(c2=O)C(c2cccc([N+](=O)[O-])c2)C2=C(N=3)c3ccccc3CC2)ccc1OCc1ccc(Cl)cc1Cl. The Morgan fingerprint density at radius 2 is 1.85 bits per heavy atom. The van der Waals surface area contributed by atoms with E-state index in [9.17, 15) is 14.9 Å². The molecule has 2 aliphatic rings. The smallest absolute Gasteiger partial charge is 0.271 e. The molecule has 1 aromatic heterocycles. The minimum absolute atomic E-state index is 0.0240. The van der Waals surface area contributed by atoms with Crippen LogP contribution < -0.4 is 24.4 Å². The molecule has 7 rings (SSSR count). The Hall–Kier alpha value is -4.70. The molecule has 47 heavy (non-hydrogen) atoms. The van der Waals surface area contributed by atoms with E-state index < -0.39 is 11.0 Å². The quantitative estimate of drug-likeness (QED) is 0.125. The van der Waals surface area contributed by atoms with Crippen molar-refractivity contribution in [1.82, 2.24) is 4.57 Å². The number of halogens is 2. The van der Waals surface area contributed by atoms with Crippen LogP contribution >= 0.6 is 34.5 Å². The monoisotopic (exact) mass is 683 g/mol. The lowest BCUT2D eigenvalue weighted by molar-refractivity contribution is -0.384. The molecule has 8 nitrogen and oxygen atoms in total. The number of aryl methyl sites for hydroxylation is 1. The Morgan fingerprint density at radius 1 is 1.00 bits per heavy atom. The molecule has 0 amide bonds. The number of nitro groups is 1. The highest BCUT2D eigenvalue weighted by atomic mass is 35.5. The summed E-state index contributed by atoms with van der Waals surface area (Å²) >= 11 is 13.7. The molecule has 0 radical (unpaired) electrons. The molecular weight excluding hydrogens is 657 g/mol. The first kappa shape index (κ1) is 30.9. The number of benzene rings is 4. The predicted octanol–water partition coefficient (Wildman–Crippen LogP) is 7.51. The summed E-state index contributed by atoms with van der Waals surface area (Å²) in [5.41, 5.74) is 5.99. The zero-order chi connectivity index (χ0) is 32.7. The second kappa shape index (κ2) is 12.8. The summed E-state index contributed by atoms with van der Waals surface area (Å²) in [5, 5.41) is 12.8. The zero-order valence-corrected chi connectivity index (χ0v) is 27.4. The standard InChI is InChI=1S/C36H27Cl2N3O5S/c1-2-45-31-16-21(10-15-30(31)46-20-24-11-13-25(37)19-29(24)38)17-32-35(42)40-34(23-7-5-8-26(18-23)41(43)44)28-14-12-22-6-3-4-9-27(22)33(28)39-36(40)47-32/h3-11,13,15-19,34H,2,12,14,20H2,1H3. The van der Waals surface area contributed by atoms with Crippen molar-refractivity contribution >= 4 is 52.0 Å². The molecule has 5 aromatic rings. The fourth-order valence-electron chi connectivity index (χ4n) is 6.08. The topological polar surface area (TPSA) is 96.0 Å². The van der Waals surface area contributed by atoms with Gasteiger partial charge < -0.3 is 9.47 Å². The van der Waals surface area contributed by atoms with Gasteiger partial charge in [-0.1, -0.05) is 83.1 Å². The number of nitro benzene ring substituents is 1. The molecule has 1 unspecified atom stereocenters. The maximum atomic E-state index is 14.2. The number of ether oxygens (including phenoxy) is 2. The fourth-order valence-corrected chi connectivity index (χ4v) is 7.54. The summed E-state index contributed by atoms with van der Waals surface area (Å²) in [4.78, 5) is 31.1. The van der Waals surface area contributed by atoms with Crippen molar-refractivity contribution in [3.8, 4) is 11.5 Å². The van der Waals surface area contributed by atoms with Crippen LogP contribution in [0.4, 0.5) is 5.69 Å². The molecule has 11 heteroatoms. The average Bonchev–Trinajstić information content (AvgIpc) is 3.38. The highest BCUT2D eigenvalue weighted by molar-refractivity contribution is 7.07. The number of non-ortho nitro benzene ring substituents is 1. The summed E-state index contributed by atoms with van der Waals surface area (Å²) < 4.78 is 14.1. The molecule has 0 spiro atoms. The molecular formula is C36H27Cl2N3O5S. The first-order valence-electron chi connectivity index (χ1n) is 15.0. The van der Waals surface area contributed by atoms with Crippen LogP contribution in [0, 0.1) is 10.1 Å². The number of aromatic nitrogens is 1. The van der Waals surface area contributed by atoms with Crippen molar-refractivity contribution in [2.75, 3.05) is 6.61 Å². The molecule has 0 N–H and O–H groups in total. The number of thiazole rings is 1. The molecule has 0 bridgehead atoms. The van der Waals surface area contributed by atoms with Crippen LogP contribution in [0.5, 0.6) is 11.5 Å². The van der Waals surface area contributed by atoms with Gasteiger partial charge >= 0.3 is 0 Å². The lowest BCUT2D eigenvalue weighted by Gasteiger charge is -2.30. The Balaban J connectivity index is 1.32. The predicted molar refractivity (Wildman–Crippen MR) is 184 cm³/mol. The Labute approximate surface area is 283 Å². The van der Waals surface area contributed by atoms with Gasteiger partial charge in [0.1, 0.15) is 6.61 Å². The number of allylic oxidation sites excluding steroid dienone is 1. The highest BCUT2D eigenvalue weighted by Crippen LogP contribution is 2.41. The van der Waals surface area contributed by atoms with E-state index >= 15 is 0 Å². The van der Waals surface area contributed by atoms with Crippen molar-refractivity contribution in [3.05, 3.63) is 158 Å². The zero-order valence-electron chi connectivity index (χ0n) is 25.1. The van der Waals surface area contributed by atoms with Gasteiger partial charge in [0, 0.05) is 33.3 Å². The van der Waals surface area contributed by atoms with E-state index in [0.29, 0.717) is 49.5 Å². The number of fused-ring (bicyclic) bond motifs is 3. The third-order valence-electron chi connectivity index (χ3n) is 8.23. The van der Waals surface area contributed by atoms with Gasteiger partial charge in [-0.25, -0.2) is 4.99 Å². The normalized spacial score (nSPS) is 15.4. The van der Waals surface area contributed by atoms with Crippen LogP contribution in [-0.4, -0.2) is 16.1 Å². The summed E-state index contributed by atoms with van der Waals surface area (Å²) in [5.74, 6) is 1.06. The van der Waals surface area contributed by atoms with Crippen LogP contribution in [0.15, 0.2) is 100 Å². The van der Waals surface area contributed by atoms with Gasteiger partial charge in [0.25, 0.3) is 11.2 Å². The molecule has 0 saturated carbocycles. The van der Waals surface area contributed by atoms with E-state index in [-0.39, 0.29) is 17.9 Å². The third-order valence-corrected chi connectivity index (χ3v) is 9.80. The van der Waals surface area contributed by atoms with Crippen LogP contribution in [0.2, 0.25) is 10.0 Å². The van der Waals surface area contributed by atoms with Crippen molar-refractivity contribution in [3.63, 3.8) is 0 Å². The highest BCUT2D eigenvalue weighted by Gasteiger charge is 2.33. The van der Waals surface area contributed by atoms with Crippen molar-refractivity contribution in [2.24, 2.45) is 4.99 Å². The molecule has 1 aliphatic heterocycles. The number of nitrogens with zero attached hydrogens (tertiary/aromatic N) is 3. The van der Waals surface area contributed by atoms with E-state index in [0.717, 1.165) is 34.4 Å². The van der Waals surface area contributed by atoms with Crippen LogP contribution in [0.25, 0.3) is 11.8 Å². The summed E-state index contributed by atoms with van der Waals surface area (Å²) in [6.07, 6.45) is 3.29. The lowest BCUT2D eigenvalue weighted by atomic mass is 9.83. The van der Waals surface area contributed by atoms with Gasteiger partial charge in [-0.2, -0.15) is 0 Å². The Morgan fingerprint density at radius 3 is 2.66 bits per heavy atom. The van der Waals surface area contributed by atoms with Crippen LogP contribution in [0.3, 0.4) is 0 Å². The Bertz CT molecular complexity index is 2280. The van der Waals surface area contributed by atoms with E-state index in [4.69, 9.17) is 37.7 Å². The number of hydrogen-bond donors (Lipinski definition) is 0. The van der Waals surface area contributed by atoms with E-state index in [2.05, 4.69) is 6.07 Å². The maximum Gasteiger partial charge on any atom is 0.271 e. The van der Waals surface area contributed by atoms with Crippen LogP contribution in [-0.2, 0) is 13.0 Å². The maximum absolute atomic E-state index is 14.2. The largest absolute Gasteiger partial charge is 0.490 e. The lowest BCUT2D eigenvalue weighted by Crippen LogP contribution is -2.38. The summed E-state index contributed by atoms with van der Waals surface area (Å²) in [6.45, 7) is 2.53. The number of rotatable bonds is 8. The second-order valence-electron chi connectivity index (χ2n) is 11.1. The second-order valence-corrected chi connectivity index (χ2v) is 13.0. The van der Waals surface area contributed by atoms with Gasteiger partial charge in [-0.3, -0.25) is 19.5 Å². The first-order chi connectivity index (χ1) is 22.8. The van der Waals surface area contributed by atoms with Gasteiger partial charge in [-0.05, 0) is 72.4 Å². The van der Waals surface area contributed by atoms with Crippen molar-refractivity contribution in [1.29, 1.82) is 0 Å². The first-order valence-corrected chi connectivity index (χ1v) is 16.6. The average molecular weight is 685 g/mol. The molecule has 0 saturated heterocycles. The van der Waals surface area contributed by atoms with Gasteiger partial charge in [0.05, 0.1) is 27.8 Å². The van der Waals surface area contributed by atoms with E-state index in [1.54, 1.807) is 34.9 Å². The summed E-state index contributed by atoms with van der Waals surface area (Å²) in [6, 6.07) is 24.9. The molecule has 236 valence electrons. The molecule has 1 atom stereocenters. The Kier molecular flexibility index (Phi) is 8.44. The van der Waals surface area contributed by atoms with Crippen LogP contribution in [0.1, 0.15) is 47.2 Å². The summed E-state index contributed by atoms with van der Waals surface area (Å²) in [7, 11) is 0. The minimum atomic E-state index is -0.522. The van der Waals surface area contributed by atoms with E-state index in [1.807, 2.05) is 55.5 Å². The van der Waals surface area contributed by atoms with Gasteiger partial charge in [-0.15, -0.1) is 0 Å². The van der Waals surface area contributed by atoms with E-state index in [1.165, 1.54) is 23.0 Å². The minimum Gasteiger partial charge on any atom is -0.490 e. The molecule has 1 aliphatic carbocycles. The van der Waals surface area contributed by atoms with Crippen molar-refractivity contribution in [2.45, 2.75) is 32.4 Å². The third kappa shape index (κ3) is 5.98. The molecule has 2 heterocycles. The van der Waals surface area contributed by atoms with Crippen molar-refractivity contribution < 1.29 is 14.4 Å². The molecule has 0 fully saturated rings. The fraction of sp³-hybridized carbons (Fsp3) is 0.167. The van der Waals surface area contributed by atoms with Gasteiger partial charge in [0.2, 0.25) is 0 Å².